The summed E-state index contributed by atoms with van der Waals surface area (Å²) >= 11 is 0. The normalized spacial score (nSPS) is 37.2. The Labute approximate surface area is 64.0 Å². The first-order valence-electron chi connectivity index (χ1n) is 4.37. The summed E-state index contributed by atoms with van der Waals surface area (Å²) in [5.74, 6) is 2.71. The van der Waals surface area contributed by atoms with E-state index in [-0.39, 0.29) is 0 Å². The molecule has 0 aromatic rings. The van der Waals surface area contributed by atoms with Crippen LogP contribution in [0, 0.1) is 17.8 Å². The first kappa shape index (κ1) is 8.06. The van der Waals surface area contributed by atoms with Crippen LogP contribution in [0.5, 0.6) is 0 Å². The van der Waals surface area contributed by atoms with Gasteiger partial charge in [0, 0.05) is 6.04 Å². The van der Waals surface area contributed by atoms with Gasteiger partial charge in [-0.25, -0.2) is 0 Å². The highest BCUT2D eigenvalue weighted by Gasteiger charge is 2.33. The van der Waals surface area contributed by atoms with Gasteiger partial charge in [-0.2, -0.15) is 0 Å². The molecule has 0 heterocycles. The molecule has 0 aliphatic heterocycles. The van der Waals surface area contributed by atoms with Gasteiger partial charge in [-0.05, 0) is 37.5 Å². The molecule has 1 saturated carbocycles. The smallest absolute Gasteiger partial charge is 0.00362 e. The van der Waals surface area contributed by atoms with Crippen molar-refractivity contribution in [3.05, 3.63) is 0 Å². The van der Waals surface area contributed by atoms with Crippen LogP contribution in [0.25, 0.3) is 0 Å². The summed E-state index contributed by atoms with van der Waals surface area (Å²) < 4.78 is 0. The Kier molecular flexibility index (Phi) is 2.35. The molecule has 0 aromatic carbocycles. The number of hydrogen-bond donors (Lipinski definition) is 1. The van der Waals surface area contributed by atoms with Crippen LogP contribution in [0.3, 0.4) is 0 Å². The minimum Gasteiger partial charge on any atom is -0.328 e. The van der Waals surface area contributed by atoms with Crippen LogP contribution in [0.2, 0.25) is 0 Å². The van der Waals surface area contributed by atoms with E-state index < -0.39 is 0 Å². The molecule has 0 spiro atoms. The molecule has 10 heavy (non-hydrogen) atoms. The quantitative estimate of drug-likeness (QED) is 0.639. The fourth-order valence-corrected chi connectivity index (χ4v) is 1.42. The Hall–Kier alpha value is -0.0400. The van der Waals surface area contributed by atoms with Crippen LogP contribution in [0.1, 0.15) is 33.6 Å². The average Bonchev–Trinajstić information content (AvgIpc) is 2.46. The largest absolute Gasteiger partial charge is 0.328 e. The predicted molar refractivity (Wildman–Crippen MR) is 44.7 cm³/mol. The van der Waals surface area contributed by atoms with Gasteiger partial charge in [-0.1, -0.05) is 13.8 Å². The zero-order valence-corrected chi connectivity index (χ0v) is 7.30. The zero-order chi connectivity index (χ0) is 7.72. The molecular formula is C9H19N. The fourth-order valence-electron chi connectivity index (χ4n) is 1.42. The van der Waals surface area contributed by atoms with Gasteiger partial charge in [0.15, 0.2) is 0 Å². The molecule has 2 N–H and O–H groups in total. The molecule has 0 aromatic heterocycles. The highest BCUT2D eigenvalue weighted by atomic mass is 14.6. The van der Waals surface area contributed by atoms with Gasteiger partial charge in [-0.15, -0.1) is 0 Å². The van der Waals surface area contributed by atoms with Gasteiger partial charge in [0.2, 0.25) is 0 Å². The van der Waals surface area contributed by atoms with Crippen molar-refractivity contribution in [1.82, 2.24) is 0 Å². The molecule has 1 rings (SSSR count). The maximum Gasteiger partial charge on any atom is 0.00362 e. The Balaban J connectivity index is 2.13. The lowest BCUT2D eigenvalue weighted by Crippen LogP contribution is -2.24. The maximum atomic E-state index is 5.76. The molecule has 4 unspecified atom stereocenters. The summed E-state index contributed by atoms with van der Waals surface area (Å²) in [6.07, 6.45) is 2.79. The van der Waals surface area contributed by atoms with E-state index in [1.54, 1.807) is 0 Å². The molecule has 0 saturated heterocycles. The molecule has 1 aliphatic rings. The Bertz CT molecular complexity index is 109. The first-order chi connectivity index (χ1) is 4.61. The van der Waals surface area contributed by atoms with Crippen molar-refractivity contribution in [3.8, 4) is 0 Å². The van der Waals surface area contributed by atoms with E-state index in [1.807, 2.05) is 0 Å². The van der Waals surface area contributed by atoms with E-state index in [0.717, 1.165) is 17.8 Å². The van der Waals surface area contributed by atoms with Crippen molar-refractivity contribution in [1.29, 1.82) is 0 Å². The topological polar surface area (TPSA) is 26.0 Å². The second-order valence-electron chi connectivity index (χ2n) is 4.05. The Morgan fingerprint density at radius 1 is 1.50 bits per heavy atom. The number of rotatable bonds is 3. The van der Waals surface area contributed by atoms with Crippen LogP contribution in [0.15, 0.2) is 0 Å². The minimum atomic E-state index is 0.382. The Morgan fingerprint density at radius 2 is 2.00 bits per heavy atom. The van der Waals surface area contributed by atoms with Gasteiger partial charge >= 0.3 is 0 Å². The van der Waals surface area contributed by atoms with Crippen LogP contribution in [-0.4, -0.2) is 6.04 Å². The summed E-state index contributed by atoms with van der Waals surface area (Å²) in [5.41, 5.74) is 5.76. The lowest BCUT2D eigenvalue weighted by Gasteiger charge is -2.14. The summed E-state index contributed by atoms with van der Waals surface area (Å²) in [6, 6.07) is 0.382. The molecule has 4 atom stereocenters. The zero-order valence-electron chi connectivity index (χ0n) is 7.30. The van der Waals surface area contributed by atoms with Crippen molar-refractivity contribution in [2.24, 2.45) is 23.5 Å². The summed E-state index contributed by atoms with van der Waals surface area (Å²) in [5, 5.41) is 0. The molecule has 1 heteroatoms. The van der Waals surface area contributed by atoms with Crippen molar-refractivity contribution in [3.63, 3.8) is 0 Å². The fraction of sp³-hybridized carbons (Fsp3) is 1.00. The van der Waals surface area contributed by atoms with Crippen LogP contribution < -0.4 is 5.73 Å². The van der Waals surface area contributed by atoms with Crippen molar-refractivity contribution < 1.29 is 0 Å². The van der Waals surface area contributed by atoms with Gasteiger partial charge in [0.25, 0.3) is 0 Å². The van der Waals surface area contributed by atoms with Gasteiger partial charge in [-0.3, -0.25) is 0 Å². The SMILES string of the molecule is CC(N)C(C)CC1CC1C. The lowest BCUT2D eigenvalue weighted by atomic mass is 9.97. The van der Waals surface area contributed by atoms with E-state index in [9.17, 15) is 0 Å². The molecular weight excluding hydrogens is 122 g/mol. The molecule has 1 nitrogen and oxygen atoms in total. The van der Waals surface area contributed by atoms with Crippen molar-refractivity contribution in [2.75, 3.05) is 0 Å². The second kappa shape index (κ2) is 2.91. The predicted octanol–water partition coefficient (Wildman–Crippen LogP) is 2.02. The molecule has 0 amide bonds. The van der Waals surface area contributed by atoms with Gasteiger partial charge < -0.3 is 5.73 Å². The van der Waals surface area contributed by atoms with E-state index in [2.05, 4.69) is 20.8 Å². The standard InChI is InChI=1S/C9H19N/c1-6(8(3)10)4-9-5-7(9)2/h6-9H,4-5,10H2,1-3H3. The monoisotopic (exact) mass is 141 g/mol. The summed E-state index contributed by atoms with van der Waals surface area (Å²) in [4.78, 5) is 0. The van der Waals surface area contributed by atoms with Crippen LogP contribution in [0.4, 0.5) is 0 Å². The first-order valence-corrected chi connectivity index (χ1v) is 4.37. The highest BCUT2D eigenvalue weighted by molar-refractivity contribution is 4.84. The lowest BCUT2D eigenvalue weighted by molar-refractivity contribution is 0.417. The number of hydrogen-bond acceptors (Lipinski definition) is 1. The van der Waals surface area contributed by atoms with Crippen LogP contribution in [-0.2, 0) is 0 Å². The summed E-state index contributed by atoms with van der Waals surface area (Å²) in [7, 11) is 0. The molecule has 0 bridgehead atoms. The molecule has 60 valence electrons. The van der Waals surface area contributed by atoms with E-state index in [4.69, 9.17) is 5.73 Å². The molecule has 0 radical (unpaired) electrons. The van der Waals surface area contributed by atoms with Gasteiger partial charge in [0.1, 0.15) is 0 Å². The second-order valence-corrected chi connectivity index (χ2v) is 4.05. The van der Waals surface area contributed by atoms with E-state index in [1.165, 1.54) is 12.8 Å². The van der Waals surface area contributed by atoms with E-state index in [0.29, 0.717) is 6.04 Å². The molecule has 1 fully saturated rings. The average molecular weight is 141 g/mol. The van der Waals surface area contributed by atoms with Crippen LogP contribution >= 0.6 is 0 Å². The number of nitrogens with two attached hydrogens (primary N) is 1. The van der Waals surface area contributed by atoms with Crippen molar-refractivity contribution in [2.45, 2.75) is 39.7 Å². The molecule has 1 aliphatic carbocycles. The van der Waals surface area contributed by atoms with E-state index >= 15 is 0 Å². The third-order valence-electron chi connectivity index (χ3n) is 2.85. The highest BCUT2D eigenvalue weighted by Crippen LogP contribution is 2.42. The third kappa shape index (κ3) is 1.98. The summed E-state index contributed by atoms with van der Waals surface area (Å²) in [6.45, 7) is 6.70. The minimum absolute atomic E-state index is 0.382. The van der Waals surface area contributed by atoms with Crippen molar-refractivity contribution >= 4 is 0 Å². The third-order valence-corrected chi connectivity index (χ3v) is 2.85. The Morgan fingerprint density at radius 3 is 2.30 bits per heavy atom. The maximum absolute atomic E-state index is 5.76. The van der Waals surface area contributed by atoms with Gasteiger partial charge in [0.05, 0.1) is 0 Å².